The summed E-state index contributed by atoms with van der Waals surface area (Å²) in [7, 11) is 1.31. The first-order chi connectivity index (χ1) is 10.4. The van der Waals surface area contributed by atoms with E-state index in [1.54, 1.807) is 13.0 Å². The van der Waals surface area contributed by atoms with Crippen LogP contribution < -0.4 is 11.1 Å². The van der Waals surface area contributed by atoms with Gasteiger partial charge in [0, 0.05) is 4.88 Å². The van der Waals surface area contributed by atoms with E-state index in [0.717, 1.165) is 24.1 Å². The van der Waals surface area contributed by atoms with E-state index in [4.69, 9.17) is 5.73 Å². The summed E-state index contributed by atoms with van der Waals surface area (Å²) < 4.78 is 4.66. The quantitative estimate of drug-likeness (QED) is 0.732. The number of ether oxygens (including phenoxy) is 1. The van der Waals surface area contributed by atoms with Crippen molar-refractivity contribution in [3.05, 3.63) is 15.8 Å². The minimum atomic E-state index is -1.14. The molecule has 1 aliphatic carbocycles. The summed E-state index contributed by atoms with van der Waals surface area (Å²) in [5.74, 6) is -0.870. The molecule has 4 N–H and O–H groups in total. The number of aliphatic hydroxyl groups is 1. The summed E-state index contributed by atoms with van der Waals surface area (Å²) in [4.78, 5) is 25.0. The molecule has 122 valence electrons. The first-order valence-corrected chi connectivity index (χ1v) is 8.16. The van der Waals surface area contributed by atoms with Crippen molar-refractivity contribution in [2.75, 3.05) is 12.4 Å². The molecule has 1 aliphatic rings. The maximum Gasteiger partial charge on any atom is 0.348 e. The van der Waals surface area contributed by atoms with Crippen molar-refractivity contribution in [3.8, 4) is 0 Å². The minimum Gasteiger partial charge on any atom is -0.465 e. The van der Waals surface area contributed by atoms with Crippen molar-refractivity contribution >= 4 is 28.9 Å². The molecule has 0 radical (unpaired) electrons. The van der Waals surface area contributed by atoms with Crippen molar-refractivity contribution in [1.29, 1.82) is 0 Å². The number of carbonyl (C=O) groups is 2. The van der Waals surface area contributed by atoms with Crippen LogP contribution in [0.25, 0.3) is 0 Å². The first-order valence-electron chi connectivity index (χ1n) is 7.35. The number of amides is 1. The number of hydrogen-bond acceptors (Lipinski definition) is 6. The van der Waals surface area contributed by atoms with E-state index in [9.17, 15) is 14.7 Å². The zero-order chi connectivity index (χ0) is 16.3. The maximum absolute atomic E-state index is 12.3. The van der Waals surface area contributed by atoms with Gasteiger partial charge in [-0.1, -0.05) is 19.3 Å². The van der Waals surface area contributed by atoms with Crippen molar-refractivity contribution in [2.24, 2.45) is 5.73 Å². The zero-order valence-corrected chi connectivity index (χ0v) is 13.7. The smallest absolute Gasteiger partial charge is 0.348 e. The van der Waals surface area contributed by atoms with Gasteiger partial charge in [0.05, 0.1) is 18.4 Å². The number of rotatable bonds is 4. The minimum absolute atomic E-state index is 0.417. The lowest BCUT2D eigenvalue weighted by molar-refractivity contribution is -0.125. The molecule has 0 bridgehead atoms. The number of esters is 1. The zero-order valence-electron chi connectivity index (χ0n) is 12.8. The predicted molar refractivity (Wildman–Crippen MR) is 85.0 cm³/mol. The molecular formula is C15H22N2O4S. The molecular weight excluding hydrogens is 304 g/mol. The van der Waals surface area contributed by atoms with E-state index in [1.807, 2.05) is 0 Å². The van der Waals surface area contributed by atoms with E-state index in [-0.39, 0.29) is 0 Å². The van der Waals surface area contributed by atoms with Crippen LogP contribution in [-0.4, -0.2) is 35.7 Å². The molecule has 0 saturated heterocycles. The van der Waals surface area contributed by atoms with Crippen molar-refractivity contribution in [1.82, 2.24) is 0 Å². The van der Waals surface area contributed by atoms with Crippen LogP contribution in [0.4, 0.5) is 5.69 Å². The van der Waals surface area contributed by atoms with Gasteiger partial charge in [-0.15, -0.1) is 11.3 Å². The highest BCUT2D eigenvalue weighted by Gasteiger charge is 2.39. The topological polar surface area (TPSA) is 102 Å². The molecule has 7 heteroatoms. The summed E-state index contributed by atoms with van der Waals surface area (Å²) in [6.45, 7) is 1.80. The monoisotopic (exact) mass is 326 g/mol. The number of carbonyl (C=O) groups excluding carboxylic acids is 2. The number of hydrogen-bond donors (Lipinski definition) is 3. The molecule has 22 heavy (non-hydrogen) atoms. The Hall–Kier alpha value is -1.44. The fourth-order valence-electron chi connectivity index (χ4n) is 2.74. The van der Waals surface area contributed by atoms with Gasteiger partial charge in [-0.05, 0) is 25.8 Å². The molecule has 2 rings (SSSR count). The fraction of sp³-hybridized carbons (Fsp3) is 0.600. The third-order valence-electron chi connectivity index (χ3n) is 4.14. The maximum atomic E-state index is 12.3. The molecule has 1 heterocycles. The number of nitrogens with one attached hydrogen (secondary N) is 1. The number of nitrogens with two attached hydrogens (primary N) is 1. The molecule has 1 aromatic heterocycles. The molecule has 0 aliphatic heterocycles. The lowest BCUT2D eigenvalue weighted by Gasteiger charge is -2.36. The van der Waals surface area contributed by atoms with Crippen LogP contribution in [0.15, 0.2) is 6.07 Å². The standard InChI is InChI=1S/C15H22N2O4S/c1-9-10(8-11(22-9)14(19)21-2)17-13(18)12(16)15(20)6-4-3-5-7-15/h8,12,20H,3-7,16H2,1-2H3,(H,17,18). The summed E-state index contributed by atoms with van der Waals surface area (Å²) in [5, 5.41) is 13.2. The lowest BCUT2D eigenvalue weighted by Crippen LogP contribution is -2.55. The second kappa shape index (κ2) is 6.76. The molecule has 1 unspecified atom stereocenters. The van der Waals surface area contributed by atoms with Gasteiger partial charge in [-0.2, -0.15) is 0 Å². The summed E-state index contributed by atoms with van der Waals surface area (Å²) in [6, 6.07) is 0.593. The number of aryl methyl sites for hydroxylation is 1. The average Bonchev–Trinajstić information content (AvgIpc) is 2.87. The van der Waals surface area contributed by atoms with Gasteiger partial charge in [-0.3, -0.25) is 4.79 Å². The molecule has 0 spiro atoms. The third-order valence-corrected chi connectivity index (χ3v) is 5.17. The van der Waals surface area contributed by atoms with Gasteiger partial charge >= 0.3 is 5.97 Å². The van der Waals surface area contributed by atoms with Gasteiger partial charge in [0.25, 0.3) is 0 Å². The van der Waals surface area contributed by atoms with E-state index in [2.05, 4.69) is 10.1 Å². The SMILES string of the molecule is COC(=O)c1cc(NC(=O)C(N)C2(O)CCCCC2)c(C)s1. The van der Waals surface area contributed by atoms with Crippen LogP contribution in [0.1, 0.15) is 46.7 Å². The Kier molecular flexibility index (Phi) is 5.20. The third kappa shape index (κ3) is 3.48. The van der Waals surface area contributed by atoms with Crippen molar-refractivity contribution in [3.63, 3.8) is 0 Å². The summed E-state index contributed by atoms with van der Waals surface area (Å²) >= 11 is 1.24. The molecule has 0 aromatic carbocycles. The average molecular weight is 326 g/mol. The van der Waals surface area contributed by atoms with Crippen molar-refractivity contribution in [2.45, 2.75) is 50.7 Å². The Morgan fingerprint density at radius 3 is 2.64 bits per heavy atom. The predicted octanol–water partition coefficient (Wildman–Crippen LogP) is 1.80. The van der Waals surface area contributed by atoms with Gasteiger partial charge < -0.3 is 20.9 Å². The highest BCUT2D eigenvalue weighted by Crippen LogP contribution is 2.32. The van der Waals surface area contributed by atoms with Crippen LogP contribution in [0.3, 0.4) is 0 Å². The first kappa shape index (κ1) is 16.9. The second-order valence-electron chi connectivity index (χ2n) is 5.70. The van der Waals surface area contributed by atoms with E-state index in [1.165, 1.54) is 18.4 Å². The Morgan fingerprint density at radius 2 is 2.05 bits per heavy atom. The Morgan fingerprint density at radius 1 is 1.41 bits per heavy atom. The fourth-order valence-corrected chi connectivity index (χ4v) is 3.63. The highest BCUT2D eigenvalue weighted by molar-refractivity contribution is 7.14. The summed E-state index contributed by atoms with van der Waals surface area (Å²) in [5.41, 5.74) is 5.36. The van der Waals surface area contributed by atoms with Crippen LogP contribution in [0, 0.1) is 6.92 Å². The van der Waals surface area contributed by atoms with Crippen LogP contribution in [0.2, 0.25) is 0 Å². The second-order valence-corrected chi connectivity index (χ2v) is 6.96. The molecule has 1 amide bonds. The van der Waals surface area contributed by atoms with Crippen LogP contribution >= 0.6 is 11.3 Å². The van der Waals surface area contributed by atoms with Gasteiger partial charge in [0.2, 0.25) is 5.91 Å². The Bertz CT molecular complexity index is 564. The Labute approximate surface area is 133 Å². The molecule has 1 fully saturated rings. The van der Waals surface area contributed by atoms with Crippen molar-refractivity contribution < 1.29 is 19.4 Å². The lowest BCUT2D eigenvalue weighted by atomic mass is 9.79. The number of anilines is 1. The Balaban J connectivity index is 2.08. The normalized spacial score (nSPS) is 18.5. The van der Waals surface area contributed by atoms with Gasteiger partial charge in [0.1, 0.15) is 10.9 Å². The number of thiophene rings is 1. The highest BCUT2D eigenvalue weighted by atomic mass is 32.1. The summed E-state index contributed by atoms with van der Waals surface area (Å²) in [6.07, 6.45) is 3.89. The van der Waals surface area contributed by atoms with Gasteiger partial charge in [0.15, 0.2) is 0 Å². The molecule has 1 atom stereocenters. The van der Waals surface area contributed by atoms with Crippen LogP contribution in [-0.2, 0) is 9.53 Å². The molecule has 6 nitrogen and oxygen atoms in total. The molecule has 1 saturated carbocycles. The van der Waals surface area contributed by atoms with Gasteiger partial charge in [-0.25, -0.2) is 4.79 Å². The van der Waals surface area contributed by atoms with E-state index < -0.39 is 23.5 Å². The van der Waals surface area contributed by atoms with Crippen LogP contribution in [0.5, 0.6) is 0 Å². The largest absolute Gasteiger partial charge is 0.465 e. The van der Waals surface area contributed by atoms with E-state index in [0.29, 0.717) is 23.4 Å². The number of methoxy groups -OCH3 is 1. The molecule has 1 aromatic rings. The van der Waals surface area contributed by atoms with E-state index >= 15 is 0 Å².